The van der Waals surface area contributed by atoms with Crippen molar-refractivity contribution >= 4 is 5.97 Å². The van der Waals surface area contributed by atoms with Crippen LogP contribution in [-0.4, -0.2) is 22.2 Å². The molecule has 6 heteroatoms. The number of aliphatic carboxylic acids is 1. The quantitative estimate of drug-likeness (QED) is 0.869. The van der Waals surface area contributed by atoms with E-state index in [-0.39, 0.29) is 0 Å². The van der Waals surface area contributed by atoms with Crippen LogP contribution in [0.4, 0.5) is 13.2 Å². The van der Waals surface area contributed by atoms with Crippen LogP contribution in [-0.2, 0) is 4.79 Å². The molecule has 0 bridgehead atoms. The summed E-state index contributed by atoms with van der Waals surface area (Å²) in [4.78, 5) is 14.2. The van der Waals surface area contributed by atoms with Gasteiger partial charge in [-0.1, -0.05) is 6.07 Å². The van der Waals surface area contributed by atoms with Crippen molar-refractivity contribution in [3.8, 4) is 0 Å². The Morgan fingerprint density at radius 3 is 2.62 bits per heavy atom. The topological polar surface area (TPSA) is 50.2 Å². The van der Waals surface area contributed by atoms with Crippen molar-refractivity contribution in [2.75, 3.05) is 0 Å². The standard InChI is InChI=1S/C10H10F3NO2/c11-10(12,13)5-8(4-9(15)16)7-2-1-3-14-6-7/h1-3,6,8H,4-5H2,(H,15,16). The van der Waals surface area contributed by atoms with E-state index < -0.39 is 30.9 Å². The molecule has 1 rings (SSSR count). The normalized spacial score (nSPS) is 13.4. The van der Waals surface area contributed by atoms with Crippen molar-refractivity contribution in [1.82, 2.24) is 4.98 Å². The predicted octanol–water partition coefficient (Wildman–Crippen LogP) is 2.59. The van der Waals surface area contributed by atoms with Crippen LogP contribution in [0.1, 0.15) is 24.3 Å². The second kappa shape index (κ2) is 4.96. The molecule has 0 aliphatic rings. The van der Waals surface area contributed by atoms with Gasteiger partial charge in [0.25, 0.3) is 0 Å². The SMILES string of the molecule is O=C(O)CC(CC(F)(F)F)c1cccnc1. The summed E-state index contributed by atoms with van der Waals surface area (Å²) in [6.45, 7) is 0. The van der Waals surface area contributed by atoms with Gasteiger partial charge in [-0.05, 0) is 11.6 Å². The van der Waals surface area contributed by atoms with Gasteiger partial charge in [-0.25, -0.2) is 0 Å². The van der Waals surface area contributed by atoms with E-state index in [1.165, 1.54) is 24.5 Å². The fourth-order valence-electron chi connectivity index (χ4n) is 1.42. The number of alkyl halides is 3. The summed E-state index contributed by atoms with van der Waals surface area (Å²) in [7, 11) is 0. The van der Waals surface area contributed by atoms with Crippen molar-refractivity contribution in [3.63, 3.8) is 0 Å². The van der Waals surface area contributed by atoms with E-state index >= 15 is 0 Å². The molecular formula is C10H10F3NO2. The third-order valence-corrected chi connectivity index (χ3v) is 2.05. The number of carbonyl (C=O) groups is 1. The van der Waals surface area contributed by atoms with Gasteiger partial charge in [-0.2, -0.15) is 13.2 Å². The minimum atomic E-state index is -4.38. The zero-order valence-electron chi connectivity index (χ0n) is 8.24. The molecule has 0 saturated heterocycles. The van der Waals surface area contributed by atoms with E-state index in [1.54, 1.807) is 0 Å². The zero-order valence-corrected chi connectivity index (χ0v) is 8.24. The summed E-state index contributed by atoms with van der Waals surface area (Å²) < 4.78 is 36.7. The van der Waals surface area contributed by atoms with Gasteiger partial charge in [-0.3, -0.25) is 9.78 Å². The van der Waals surface area contributed by atoms with Crippen molar-refractivity contribution in [2.24, 2.45) is 0 Å². The first-order valence-electron chi connectivity index (χ1n) is 4.57. The number of hydrogen-bond donors (Lipinski definition) is 1. The Balaban J connectivity index is 2.84. The van der Waals surface area contributed by atoms with E-state index in [2.05, 4.69) is 4.98 Å². The highest BCUT2D eigenvalue weighted by Crippen LogP contribution is 2.32. The third kappa shape index (κ3) is 4.29. The van der Waals surface area contributed by atoms with Gasteiger partial charge in [0.1, 0.15) is 0 Å². The first kappa shape index (κ1) is 12.5. The number of rotatable bonds is 4. The maximum absolute atomic E-state index is 12.2. The second-order valence-electron chi connectivity index (χ2n) is 3.40. The molecule has 0 fully saturated rings. The summed E-state index contributed by atoms with van der Waals surface area (Å²) in [5.74, 6) is -2.33. The summed E-state index contributed by atoms with van der Waals surface area (Å²) in [5, 5.41) is 8.55. The Hall–Kier alpha value is -1.59. The molecule has 0 spiro atoms. The van der Waals surface area contributed by atoms with E-state index in [0.717, 1.165) is 0 Å². The fourth-order valence-corrected chi connectivity index (χ4v) is 1.42. The van der Waals surface area contributed by atoms with Crippen LogP contribution in [0.25, 0.3) is 0 Å². The fraction of sp³-hybridized carbons (Fsp3) is 0.400. The van der Waals surface area contributed by atoms with Gasteiger partial charge < -0.3 is 5.11 Å². The van der Waals surface area contributed by atoms with E-state index in [9.17, 15) is 18.0 Å². The molecule has 0 radical (unpaired) electrons. The highest BCUT2D eigenvalue weighted by molar-refractivity contribution is 5.68. The second-order valence-corrected chi connectivity index (χ2v) is 3.40. The zero-order chi connectivity index (χ0) is 12.2. The van der Waals surface area contributed by atoms with Gasteiger partial charge in [0.15, 0.2) is 0 Å². The van der Waals surface area contributed by atoms with Crippen LogP contribution < -0.4 is 0 Å². The van der Waals surface area contributed by atoms with Crippen LogP contribution in [0.5, 0.6) is 0 Å². The monoisotopic (exact) mass is 233 g/mol. The molecule has 1 heterocycles. The van der Waals surface area contributed by atoms with Gasteiger partial charge in [0.2, 0.25) is 0 Å². The highest BCUT2D eigenvalue weighted by Gasteiger charge is 2.33. The lowest BCUT2D eigenvalue weighted by molar-refractivity contribution is -0.145. The summed E-state index contributed by atoms with van der Waals surface area (Å²) in [6.07, 6.45) is -3.39. The molecular weight excluding hydrogens is 223 g/mol. The minimum Gasteiger partial charge on any atom is -0.481 e. The Bertz CT molecular complexity index is 351. The highest BCUT2D eigenvalue weighted by atomic mass is 19.4. The average Bonchev–Trinajstić information content (AvgIpc) is 2.15. The van der Waals surface area contributed by atoms with E-state index in [1.807, 2.05) is 0 Å². The average molecular weight is 233 g/mol. The lowest BCUT2D eigenvalue weighted by Gasteiger charge is -2.16. The van der Waals surface area contributed by atoms with Gasteiger partial charge in [-0.15, -0.1) is 0 Å². The van der Waals surface area contributed by atoms with Crippen molar-refractivity contribution in [1.29, 1.82) is 0 Å². The molecule has 0 aliphatic carbocycles. The smallest absolute Gasteiger partial charge is 0.389 e. The molecule has 3 nitrogen and oxygen atoms in total. The molecule has 88 valence electrons. The number of aromatic nitrogens is 1. The number of halogens is 3. The van der Waals surface area contributed by atoms with Gasteiger partial charge >= 0.3 is 12.1 Å². The van der Waals surface area contributed by atoms with Crippen LogP contribution in [0.15, 0.2) is 24.5 Å². The molecule has 0 saturated carbocycles. The largest absolute Gasteiger partial charge is 0.481 e. The van der Waals surface area contributed by atoms with Crippen LogP contribution >= 0.6 is 0 Å². The Morgan fingerprint density at radius 1 is 1.50 bits per heavy atom. The predicted molar refractivity (Wildman–Crippen MR) is 49.9 cm³/mol. The Morgan fingerprint density at radius 2 is 2.19 bits per heavy atom. The van der Waals surface area contributed by atoms with Crippen molar-refractivity contribution in [2.45, 2.75) is 24.9 Å². The molecule has 0 aliphatic heterocycles. The molecule has 16 heavy (non-hydrogen) atoms. The van der Waals surface area contributed by atoms with Crippen molar-refractivity contribution in [3.05, 3.63) is 30.1 Å². The third-order valence-electron chi connectivity index (χ3n) is 2.05. The molecule has 0 aromatic carbocycles. The Labute approximate surface area is 89.9 Å². The van der Waals surface area contributed by atoms with Crippen LogP contribution in [0, 0.1) is 0 Å². The van der Waals surface area contributed by atoms with Gasteiger partial charge in [0, 0.05) is 18.3 Å². The number of pyridine rings is 1. The van der Waals surface area contributed by atoms with Crippen molar-refractivity contribution < 1.29 is 23.1 Å². The lowest BCUT2D eigenvalue weighted by atomic mass is 9.94. The molecule has 0 amide bonds. The number of carboxylic acid groups (broad SMARTS) is 1. The summed E-state index contributed by atoms with van der Waals surface area (Å²) in [6, 6.07) is 2.94. The molecule has 1 aromatic heterocycles. The lowest BCUT2D eigenvalue weighted by Crippen LogP contribution is -2.16. The maximum Gasteiger partial charge on any atom is 0.389 e. The van der Waals surface area contributed by atoms with E-state index in [0.29, 0.717) is 5.56 Å². The molecule has 1 aromatic rings. The molecule has 1 unspecified atom stereocenters. The van der Waals surface area contributed by atoms with Crippen LogP contribution in [0.3, 0.4) is 0 Å². The van der Waals surface area contributed by atoms with Gasteiger partial charge in [0.05, 0.1) is 12.8 Å². The first-order valence-corrected chi connectivity index (χ1v) is 4.57. The Kier molecular flexibility index (Phi) is 3.87. The maximum atomic E-state index is 12.2. The number of nitrogens with zero attached hydrogens (tertiary/aromatic N) is 1. The minimum absolute atomic E-state index is 0.294. The first-order chi connectivity index (χ1) is 7.38. The molecule has 1 atom stereocenters. The van der Waals surface area contributed by atoms with Crippen LogP contribution in [0.2, 0.25) is 0 Å². The molecule has 1 N–H and O–H groups in total. The van der Waals surface area contributed by atoms with E-state index in [4.69, 9.17) is 5.11 Å². The summed E-state index contributed by atoms with van der Waals surface area (Å²) >= 11 is 0. The number of hydrogen-bond acceptors (Lipinski definition) is 2. The summed E-state index contributed by atoms with van der Waals surface area (Å²) in [5.41, 5.74) is 0.294. The number of carboxylic acids is 1.